The number of unbranched alkanes of at least 4 members (excludes halogenated alkanes) is 1. The second-order valence-electron chi connectivity index (χ2n) is 7.70. The molecule has 0 heterocycles. The van der Waals surface area contributed by atoms with Crippen molar-refractivity contribution in [2.45, 2.75) is 59.1 Å². The van der Waals surface area contributed by atoms with E-state index in [-0.39, 0.29) is 6.04 Å². The summed E-state index contributed by atoms with van der Waals surface area (Å²) in [7, 11) is 4.22. The maximum Gasteiger partial charge on any atom is 0.0717 e. The molecule has 3 heteroatoms. The fraction of sp³-hybridized carbons (Fsp3) is 0.583. The van der Waals surface area contributed by atoms with Crippen LogP contribution < -0.4 is 5.32 Å². The van der Waals surface area contributed by atoms with Gasteiger partial charge in [0.1, 0.15) is 0 Å². The van der Waals surface area contributed by atoms with Gasteiger partial charge >= 0.3 is 0 Å². The van der Waals surface area contributed by atoms with Crippen LogP contribution in [-0.4, -0.2) is 44.7 Å². The minimum absolute atomic E-state index is 0.230. The zero-order valence-corrected chi connectivity index (χ0v) is 18.2. The predicted molar refractivity (Wildman–Crippen MR) is 118 cm³/mol. The smallest absolute Gasteiger partial charge is 0.0717 e. The Kier molecular flexibility index (Phi) is 12.0. The molecule has 27 heavy (non-hydrogen) atoms. The topological polar surface area (TPSA) is 24.5 Å². The van der Waals surface area contributed by atoms with Crippen LogP contribution in [0.25, 0.3) is 0 Å². The zero-order chi connectivity index (χ0) is 20.1. The van der Waals surface area contributed by atoms with Gasteiger partial charge in [-0.1, -0.05) is 61.4 Å². The van der Waals surface area contributed by atoms with E-state index in [0.717, 1.165) is 19.4 Å². The molecule has 0 aliphatic carbocycles. The molecular weight excluding hydrogens is 332 g/mol. The second-order valence-corrected chi connectivity index (χ2v) is 7.70. The van der Waals surface area contributed by atoms with Crippen LogP contribution >= 0.6 is 0 Å². The van der Waals surface area contributed by atoms with Crippen molar-refractivity contribution in [1.29, 1.82) is 0 Å². The first-order chi connectivity index (χ1) is 13.0. The molecule has 3 nitrogen and oxygen atoms in total. The highest BCUT2D eigenvalue weighted by Crippen LogP contribution is 2.21. The Morgan fingerprint density at radius 2 is 1.89 bits per heavy atom. The maximum absolute atomic E-state index is 5.99. The number of allylic oxidation sites excluding steroid dienone is 1. The molecular formula is C24H40N2O. The Labute approximate surface area is 167 Å². The van der Waals surface area contributed by atoms with Crippen molar-refractivity contribution in [2.24, 2.45) is 0 Å². The molecule has 0 aliphatic heterocycles. The molecule has 0 amide bonds. The van der Waals surface area contributed by atoms with Gasteiger partial charge in [-0.2, -0.15) is 0 Å². The maximum atomic E-state index is 5.99. The highest BCUT2D eigenvalue weighted by molar-refractivity contribution is 5.23. The lowest BCUT2D eigenvalue weighted by atomic mass is 9.94. The van der Waals surface area contributed by atoms with E-state index in [0.29, 0.717) is 13.2 Å². The number of hydrogen-bond donors (Lipinski definition) is 1. The van der Waals surface area contributed by atoms with Gasteiger partial charge in [0, 0.05) is 6.54 Å². The summed E-state index contributed by atoms with van der Waals surface area (Å²) in [6.45, 7) is 14.6. The van der Waals surface area contributed by atoms with Crippen molar-refractivity contribution in [1.82, 2.24) is 10.2 Å². The highest BCUT2D eigenvalue weighted by atomic mass is 16.5. The first-order valence-corrected chi connectivity index (χ1v) is 10.3. The Morgan fingerprint density at radius 1 is 1.19 bits per heavy atom. The molecule has 0 saturated heterocycles. The average Bonchev–Trinajstić information content (AvgIpc) is 2.67. The number of hydrogen-bond acceptors (Lipinski definition) is 3. The lowest BCUT2D eigenvalue weighted by molar-refractivity contribution is 0.107. The Hall–Kier alpha value is -1.42. The van der Waals surface area contributed by atoms with E-state index in [1.165, 1.54) is 41.7 Å². The summed E-state index contributed by atoms with van der Waals surface area (Å²) in [4.78, 5) is 2.41. The summed E-state index contributed by atoms with van der Waals surface area (Å²) in [6.07, 6.45) is 4.52. The molecule has 1 aromatic carbocycles. The third kappa shape index (κ3) is 9.90. The van der Waals surface area contributed by atoms with Gasteiger partial charge in [-0.3, -0.25) is 0 Å². The predicted octanol–water partition coefficient (Wildman–Crippen LogP) is 5.20. The highest BCUT2D eigenvalue weighted by Gasteiger charge is 2.15. The third-order valence-corrected chi connectivity index (χ3v) is 4.99. The van der Waals surface area contributed by atoms with Crippen molar-refractivity contribution in [3.05, 3.63) is 59.2 Å². The Morgan fingerprint density at radius 3 is 2.48 bits per heavy atom. The molecule has 0 aliphatic rings. The molecule has 0 fully saturated rings. The summed E-state index contributed by atoms with van der Waals surface area (Å²) in [5, 5.41) is 3.43. The van der Waals surface area contributed by atoms with Crippen molar-refractivity contribution >= 4 is 0 Å². The molecule has 0 aromatic heterocycles. The van der Waals surface area contributed by atoms with E-state index in [2.05, 4.69) is 68.9 Å². The number of rotatable bonds is 14. The van der Waals surface area contributed by atoms with Gasteiger partial charge in [0.2, 0.25) is 0 Å². The van der Waals surface area contributed by atoms with Crippen molar-refractivity contribution < 1.29 is 4.74 Å². The lowest BCUT2D eigenvalue weighted by Crippen LogP contribution is -2.33. The monoisotopic (exact) mass is 372 g/mol. The molecule has 0 spiro atoms. The van der Waals surface area contributed by atoms with Gasteiger partial charge in [0.15, 0.2) is 0 Å². The van der Waals surface area contributed by atoms with Gasteiger partial charge in [0.25, 0.3) is 0 Å². The molecule has 1 atom stereocenters. The molecule has 1 unspecified atom stereocenters. The normalized spacial score (nSPS) is 12.2. The fourth-order valence-corrected chi connectivity index (χ4v) is 3.12. The summed E-state index contributed by atoms with van der Waals surface area (Å²) in [5.74, 6) is 0. The van der Waals surface area contributed by atoms with Crippen molar-refractivity contribution in [2.75, 3.05) is 33.8 Å². The number of ether oxygens (including phenoxy) is 1. The molecule has 1 N–H and O–H groups in total. The van der Waals surface area contributed by atoms with Gasteiger partial charge in [-0.15, -0.1) is 0 Å². The van der Waals surface area contributed by atoms with Crippen molar-refractivity contribution in [3.63, 3.8) is 0 Å². The largest absolute Gasteiger partial charge is 0.375 e. The van der Waals surface area contributed by atoms with Crippen LogP contribution in [0.4, 0.5) is 0 Å². The van der Waals surface area contributed by atoms with Crippen LogP contribution in [0.2, 0.25) is 0 Å². The summed E-state index contributed by atoms with van der Waals surface area (Å²) in [5.41, 5.74) is 5.29. The standard InChI is InChI=1S/C24H40N2O/c1-7-8-15-26(6)16-14-21(4)17-23(20(2)3)24(25-5)19-27-18-22-12-10-9-11-13-22/h9-13,24-25H,4,7-8,14-19H2,1-3,5-6H3. The van der Waals surface area contributed by atoms with Gasteiger partial charge in [0.05, 0.1) is 19.3 Å². The minimum Gasteiger partial charge on any atom is -0.375 e. The molecule has 1 aromatic rings. The van der Waals surface area contributed by atoms with Gasteiger partial charge in [-0.05, 0) is 64.9 Å². The summed E-state index contributed by atoms with van der Waals surface area (Å²) >= 11 is 0. The van der Waals surface area contributed by atoms with Crippen LogP contribution in [0.15, 0.2) is 53.6 Å². The number of likely N-dealkylation sites (N-methyl/N-ethyl adjacent to an activating group) is 1. The summed E-state index contributed by atoms with van der Waals surface area (Å²) < 4.78 is 5.99. The van der Waals surface area contributed by atoms with Crippen LogP contribution in [0.5, 0.6) is 0 Å². The molecule has 152 valence electrons. The van der Waals surface area contributed by atoms with Crippen LogP contribution in [0.3, 0.4) is 0 Å². The van der Waals surface area contributed by atoms with E-state index in [4.69, 9.17) is 4.74 Å². The van der Waals surface area contributed by atoms with Crippen LogP contribution in [0.1, 0.15) is 52.0 Å². The minimum atomic E-state index is 0.230. The number of benzene rings is 1. The molecule has 1 rings (SSSR count). The molecule has 0 saturated carbocycles. The van der Waals surface area contributed by atoms with Crippen LogP contribution in [-0.2, 0) is 11.3 Å². The van der Waals surface area contributed by atoms with Gasteiger partial charge in [-0.25, -0.2) is 0 Å². The quantitative estimate of drug-likeness (QED) is 0.455. The number of nitrogens with zero attached hydrogens (tertiary/aromatic N) is 1. The first kappa shape index (κ1) is 23.6. The Balaban J connectivity index is 2.51. The van der Waals surface area contributed by atoms with Crippen molar-refractivity contribution in [3.8, 4) is 0 Å². The third-order valence-electron chi connectivity index (χ3n) is 4.99. The summed E-state index contributed by atoms with van der Waals surface area (Å²) in [6, 6.07) is 10.6. The second kappa shape index (κ2) is 13.7. The SMILES string of the molecule is C=C(CCN(C)CCCC)CC(=C(C)C)C(COCc1ccccc1)NC. The lowest BCUT2D eigenvalue weighted by Gasteiger charge is -2.24. The average molecular weight is 373 g/mol. The van der Waals surface area contributed by atoms with Crippen LogP contribution in [0, 0.1) is 0 Å². The van der Waals surface area contributed by atoms with E-state index >= 15 is 0 Å². The van der Waals surface area contributed by atoms with E-state index in [1.807, 2.05) is 13.1 Å². The van der Waals surface area contributed by atoms with Gasteiger partial charge < -0.3 is 15.0 Å². The van der Waals surface area contributed by atoms with E-state index < -0.39 is 0 Å². The Bertz CT molecular complexity index is 561. The molecule has 0 bridgehead atoms. The van der Waals surface area contributed by atoms with E-state index in [9.17, 15) is 0 Å². The number of nitrogens with one attached hydrogen (secondary N) is 1. The molecule has 0 radical (unpaired) electrons. The zero-order valence-electron chi connectivity index (χ0n) is 18.2. The fourth-order valence-electron chi connectivity index (χ4n) is 3.12. The first-order valence-electron chi connectivity index (χ1n) is 10.3. The van der Waals surface area contributed by atoms with E-state index in [1.54, 1.807) is 0 Å².